The van der Waals surface area contributed by atoms with Gasteiger partial charge in [0.1, 0.15) is 17.2 Å². The first-order valence-electron chi connectivity index (χ1n) is 10.4. The summed E-state index contributed by atoms with van der Waals surface area (Å²) in [5, 5.41) is 4.63. The average molecular weight is 448 g/mol. The molecule has 0 saturated carbocycles. The number of methoxy groups -OCH3 is 1. The molecule has 0 bridgehead atoms. The Morgan fingerprint density at radius 2 is 1.94 bits per heavy atom. The molecule has 1 aliphatic rings. The third-order valence-corrected chi connectivity index (χ3v) is 6.05. The molecule has 0 radical (unpaired) electrons. The number of hydrogen-bond acceptors (Lipinski definition) is 6. The van der Waals surface area contributed by atoms with Crippen molar-refractivity contribution < 1.29 is 14.1 Å². The summed E-state index contributed by atoms with van der Waals surface area (Å²) in [7, 11) is 1.60. The van der Waals surface area contributed by atoms with Crippen molar-refractivity contribution in [1.29, 1.82) is 0 Å². The lowest BCUT2D eigenvalue weighted by atomic mass is 10.0. The molecular formula is C25H25N3O3S. The van der Waals surface area contributed by atoms with E-state index in [0.717, 1.165) is 17.0 Å². The minimum Gasteiger partial charge on any atom is -0.497 e. The molecule has 0 unspecified atom stereocenters. The standard InChI is InChI=1S/C25H25N3O3S/c1-16(2)19-10-8-18(9-11-19)13-23-24(29)28(21-6-5-7-22(14-21)30-4)25(26-23)32-15-20-12-17(3)31-27-20/h5-14,16H,15H2,1-4H3/b23-13-. The minimum absolute atomic E-state index is 0.176. The van der Waals surface area contributed by atoms with Gasteiger partial charge in [-0.2, -0.15) is 0 Å². The van der Waals surface area contributed by atoms with Crippen LogP contribution in [0.25, 0.3) is 6.08 Å². The first kappa shape index (κ1) is 21.9. The van der Waals surface area contributed by atoms with Crippen molar-refractivity contribution in [3.05, 3.63) is 82.9 Å². The molecule has 0 spiro atoms. The lowest BCUT2D eigenvalue weighted by molar-refractivity contribution is -0.113. The van der Waals surface area contributed by atoms with Crippen LogP contribution in [0.5, 0.6) is 5.75 Å². The number of amidine groups is 1. The molecule has 7 heteroatoms. The number of hydrogen-bond donors (Lipinski definition) is 0. The highest BCUT2D eigenvalue weighted by Crippen LogP contribution is 2.32. The summed E-state index contributed by atoms with van der Waals surface area (Å²) in [4.78, 5) is 19.7. The molecule has 1 aliphatic heterocycles. The summed E-state index contributed by atoms with van der Waals surface area (Å²) in [6.07, 6.45) is 1.83. The summed E-state index contributed by atoms with van der Waals surface area (Å²) in [5.41, 5.74) is 4.09. The lowest BCUT2D eigenvalue weighted by Gasteiger charge is -2.18. The molecule has 0 fully saturated rings. The van der Waals surface area contributed by atoms with Gasteiger partial charge in [0.25, 0.3) is 5.91 Å². The topological polar surface area (TPSA) is 67.9 Å². The summed E-state index contributed by atoms with van der Waals surface area (Å²) in [6.45, 7) is 6.17. The van der Waals surface area contributed by atoms with Gasteiger partial charge in [-0.25, -0.2) is 4.99 Å². The van der Waals surface area contributed by atoms with E-state index >= 15 is 0 Å². The smallest absolute Gasteiger partial charge is 0.283 e. The Balaban J connectivity index is 1.66. The van der Waals surface area contributed by atoms with E-state index < -0.39 is 0 Å². The number of benzene rings is 2. The van der Waals surface area contributed by atoms with Crippen molar-refractivity contribution in [2.24, 2.45) is 4.99 Å². The first-order chi connectivity index (χ1) is 15.4. The van der Waals surface area contributed by atoms with Crippen molar-refractivity contribution in [3.8, 4) is 5.75 Å². The van der Waals surface area contributed by atoms with Gasteiger partial charge in [-0.05, 0) is 42.2 Å². The number of aryl methyl sites for hydroxylation is 1. The molecule has 0 atom stereocenters. The Morgan fingerprint density at radius 3 is 2.59 bits per heavy atom. The monoisotopic (exact) mass is 447 g/mol. The van der Waals surface area contributed by atoms with Crippen LogP contribution < -0.4 is 9.64 Å². The molecule has 1 amide bonds. The Morgan fingerprint density at radius 1 is 1.16 bits per heavy atom. The van der Waals surface area contributed by atoms with Gasteiger partial charge < -0.3 is 9.26 Å². The van der Waals surface area contributed by atoms with Crippen LogP contribution >= 0.6 is 11.8 Å². The zero-order chi connectivity index (χ0) is 22.7. The van der Waals surface area contributed by atoms with E-state index in [0.29, 0.717) is 34.0 Å². The van der Waals surface area contributed by atoms with Crippen LogP contribution in [0.3, 0.4) is 0 Å². The van der Waals surface area contributed by atoms with E-state index in [9.17, 15) is 4.79 Å². The zero-order valence-corrected chi connectivity index (χ0v) is 19.3. The van der Waals surface area contributed by atoms with Crippen LogP contribution in [0.2, 0.25) is 0 Å². The van der Waals surface area contributed by atoms with Gasteiger partial charge in [0.15, 0.2) is 5.17 Å². The highest BCUT2D eigenvalue weighted by atomic mass is 32.2. The molecule has 6 nitrogen and oxygen atoms in total. The number of ether oxygens (including phenoxy) is 1. The second kappa shape index (κ2) is 9.44. The Bertz CT molecular complexity index is 1180. The lowest BCUT2D eigenvalue weighted by Crippen LogP contribution is -2.30. The Kier molecular flexibility index (Phi) is 6.46. The Hall–Kier alpha value is -3.32. The number of rotatable bonds is 6. The minimum atomic E-state index is -0.176. The molecule has 0 N–H and O–H groups in total. The number of carbonyl (C=O) groups excluding carboxylic acids is 1. The number of carbonyl (C=O) groups is 1. The highest BCUT2D eigenvalue weighted by Gasteiger charge is 2.32. The molecule has 2 heterocycles. The van der Waals surface area contributed by atoms with Crippen LogP contribution in [0.15, 0.2) is 69.8 Å². The molecular weight excluding hydrogens is 422 g/mol. The molecule has 4 rings (SSSR count). The average Bonchev–Trinajstić information content (AvgIpc) is 3.35. The maximum atomic E-state index is 13.4. The maximum absolute atomic E-state index is 13.4. The molecule has 3 aromatic rings. The van der Waals surface area contributed by atoms with Crippen molar-refractivity contribution in [2.45, 2.75) is 32.4 Å². The number of aliphatic imine (C=N–C) groups is 1. The van der Waals surface area contributed by atoms with Gasteiger partial charge >= 0.3 is 0 Å². The fourth-order valence-corrected chi connectivity index (χ4v) is 4.22. The van der Waals surface area contributed by atoms with E-state index in [-0.39, 0.29) is 5.91 Å². The van der Waals surface area contributed by atoms with Gasteiger partial charge in [0.05, 0.1) is 18.5 Å². The van der Waals surface area contributed by atoms with Crippen molar-refractivity contribution in [2.75, 3.05) is 12.0 Å². The third-order valence-electron chi connectivity index (χ3n) is 5.07. The second-order valence-corrected chi connectivity index (χ2v) is 8.75. The number of anilines is 1. The van der Waals surface area contributed by atoms with Crippen LogP contribution in [-0.4, -0.2) is 23.3 Å². The molecule has 164 valence electrons. The summed E-state index contributed by atoms with van der Waals surface area (Å²) >= 11 is 1.44. The van der Waals surface area contributed by atoms with Gasteiger partial charge in [0.2, 0.25) is 0 Å². The first-order valence-corrected chi connectivity index (χ1v) is 11.4. The van der Waals surface area contributed by atoms with E-state index in [4.69, 9.17) is 9.26 Å². The van der Waals surface area contributed by atoms with Crippen LogP contribution in [-0.2, 0) is 10.5 Å². The predicted molar refractivity (Wildman–Crippen MR) is 129 cm³/mol. The normalized spacial score (nSPS) is 15.0. The van der Waals surface area contributed by atoms with Gasteiger partial charge in [0, 0.05) is 17.9 Å². The SMILES string of the molecule is COc1cccc(N2C(=O)/C(=C/c3ccc(C(C)C)cc3)N=C2SCc2cc(C)on2)c1. The quantitative estimate of drug-likeness (QED) is 0.447. The third kappa shape index (κ3) is 4.78. The van der Waals surface area contributed by atoms with Gasteiger partial charge in [-0.3, -0.25) is 9.69 Å². The van der Waals surface area contributed by atoms with Crippen LogP contribution in [0, 0.1) is 6.92 Å². The van der Waals surface area contributed by atoms with Crippen molar-refractivity contribution >= 4 is 34.6 Å². The van der Waals surface area contributed by atoms with E-state index in [1.165, 1.54) is 17.3 Å². The number of thioether (sulfide) groups is 1. The largest absolute Gasteiger partial charge is 0.497 e. The molecule has 32 heavy (non-hydrogen) atoms. The van der Waals surface area contributed by atoms with E-state index in [1.54, 1.807) is 12.0 Å². The summed E-state index contributed by atoms with van der Waals surface area (Å²) < 4.78 is 10.5. The van der Waals surface area contributed by atoms with E-state index in [1.807, 2.05) is 55.5 Å². The van der Waals surface area contributed by atoms with Crippen LogP contribution in [0.4, 0.5) is 5.69 Å². The van der Waals surface area contributed by atoms with Gasteiger partial charge in [-0.15, -0.1) is 0 Å². The number of nitrogens with zero attached hydrogens (tertiary/aromatic N) is 3. The van der Waals surface area contributed by atoms with Crippen molar-refractivity contribution in [3.63, 3.8) is 0 Å². The summed E-state index contributed by atoms with van der Waals surface area (Å²) in [5.74, 6) is 2.24. The maximum Gasteiger partial charge on any atom is 0.283 e. The highest BCUT2D eigenvalue weighted by molar-refractivity contribution is 8.13. The fraction of sp³-hybridized carbons (Fsp3) is 0.240. The van der Waals surface area contributed by atoms with Gasteiger partial charge in [-0.1, -0.05) is 61.1 Å². The molecule has 1 aromatic heterocycles. The Labute approximate surface area is 192 Å². The van der Waals surface area contributed by atoms with Crippen molar-refractivity contribution in [1.82, 2.24) is 5.16 Å². The molecule has 2 aromatic carbocycles. The number of aromatic nitrogens is 1. The fourth-order valence-electron chi connectivity index (χ4n) is 3.33. The second-order valence-electron chi connectivity index (χ2n) is 7.80. The zero-order valence-electron chi connectivity index (χ0n) is 18.5. The molecule has 0 aliphatic carbocycles. The summed E-state index contributed by atoms with van der Waals surface area (Å²) in [6, 6.07) is 17.5. The number of amides is 1. The van der Waals surface area contributed by atoms with E-state index in [2.05, 4.69) is 36.1 Å². The molecule has 0 saturated heterocycles. The van der Waals surface area contributed by atoms with Crippen LogP contribution in [0.1, 0.15) is 42.3 Å². The predicted octanol–water partition coefficient (Wildman–Crippen LogP) is 5.79.